The molecule has 2 aromatic heterocycles. The summed E-state index contributed by atoms with van der Waals surface area (Å²) in [6.45, 7) is 3.83. The molecule has 23 heavy (non-hydrogen) atoms. The minimum atomic E-state index is 0.419. The number of oxazole rings is 1. The third kappa shape index (κ3) is 3.20. The Kier molecular flexibility index (Phi) is 4.21. The van der Waals surface area contributed by atoms with Gasteiger partial charge in [0.15, 0.2) is 5.89 Å². The van der Waals surface area contributed by atoms with Crippen molar-refractivity contribution in [2.24, 2.45) is 5.92 Å². The zero-order chi connectivity index (χ0) is 15.6. The topological polar surface area (TPSA) is 58.0 Å². The fraction of sp³-hybridized carbons (Fsp3) is 0.667. The minimum absolute atomic E-state index is 0.419. The molecular weight excluding hydrogens is 288 g/mol. The van der Waals surface area contributed by atoms with E-state index in [4.69, 9.17) is 4.42 Å². The molecule has 4 rings (SSSR count). The van der Waals surface area contributed by atoms with Crippen LogP contribution >= 0.6 is 0 Å². The van der Waals surface area contributed by atoms with Gasteiger partial charge in [0.25, 0.3) is 0 Å². The Labute approximate surface area is 137 Å². The van der Waals surface area contributed by atoms with E-state index in [0.29, 0.717) is 6.04 Å². The average molecular weight is 314 g/mol. The first kappa shape index (κ1) is 14.9. The van der Waals surface area contributed by atoms with E-state index in [1.165, 1.54) is 49.9 Å². The summed E-state index contributed by atoms with van der Waals surface area (Å²) < 4.78 is 5.38. The van der Waals surface area contributed by atoms with Crippen LogP contribution in [0.15, 0.2) is 17.0 Å². The number of nitrogens with zero attached hydrogens (tertiary/aromatic N) is 3. The fourth-order valence-electron chi connectivity index (χ4n) is 4.29. The second kappa shape index (κ2) is 6.48. The molecule has 0 spiro atoms. The van der Waals surface area contributed by atoms with E-state index in [1.807, 2.05) is 13.3 Å². The number of aromatic amines is 1. The van der Waals surface area contributed by atoms with Crippen LogP contribution in [0.1, 0.15) is 67.5 Å². The molecule has 1 aliphatic carbocycles. The summed E-state index contributed by atoms with van der Waals surface area (Å²) in [5.41, 5.74) is 3.62. The predicted octanol–water partition coefficient (Wildman–Crippen LogP) is 3.78. The molecule has 3 heterocycles. The van der Waals surface area contributed by atoms with Crippen LogP contribution in [0, 0.1) is 12.8 Å². The SMILES string of the molecule is Cc1nc(CN2CCc3[nH]cnc3C2CCC2CCCC2)co1. The van der Waals surface area contributed by atoms with Crippen LogP contribution in [-0.2, 0) is 13.0 Å². The molecule has 0 bridgehead atoms. The third-order valence-electron chi connectivity index (χ3n) is 5.51. The van der Waals surface area contributed by atoms with Gasteiger partial charge in [-0.15, -0.1) is 0 Å². The molecule has 0 amide bonds. The number of fused-ring (bicyclic) bond motifs is 1. The molecule has 1 aliphatic heterocycles. The van der Waals surface area contributed by atoms with Crippen LogP contribution < -0.4 is 0 Å². The van der Waals surface area contributed by atoms with E-state index in [0.717, 1.165) is 37.0 Å². The summed E-state index contributed by atoms with van der Waals surface area (Å²) in [5, 5.41) is 0. The molecule has 2 aromatic rings. The molecule has 0 saturated heterocycles. The lowest BCUT2D eigenvalue weighted by Crippen LogP contribution is -2.35. The van der Waals surface area contributed by atoms with Crippen molar-refractivity contribution in [1.82, 2.24) is 19.9 Å². The van der Waals surface area contributed by atoms with Crippen LogP contribution in [0.4, 0.5) is 0 Å². The number of rotatable bonds is 5. The highest BCUT2D eigenvalue weighted by atomic mass is 16.3. The summed E-state index contributed by atoms with van der Waals surface area (Å²) in [6, 6.07) is 0.419. The molecule has 0 aromatic carbocycles. The van der Waals surface area contributed by atoms with E-state index in [2.05, 4.69) is 19.9 Å². The summed E-state index contributed by atoms with van der Waals surface area (Å²) in [7, 11) is 0. The first-order chi connectivity index (χ1) is 11.3. The second-order valence-corrected chi connectivity index (χ2v) is 7.09. The van der Waals surface area contributed by atoms with E-state index < -0.39 is 0 Å². The Morgan fingerprint density at radius 3 is 2.96 bits per heavy atom. The summed E-state index contributed by atoms with van der Waals surface area (Å²) in [5.74, 6) is 1.68. The zero-order valence-electron chi connectivity index (χ0n) is 13.9. The van der Waals surface area contributed by atoms with Gasteiger partial charge in [0.05, 0.1) is 23.8 Å². The van der Waals surface area contributed by atoms with Gasteiger partial charge < -0.3 is 9.40 Å². The molecule has 1 N–H and O–H groups in total. The van der Waals surface area contributed by atoms with E-state index in [-0.39, 0.29) is 0 Å². The molecule has 1 saturated carbocycles. The molecule has 1 unspecified atom stereocenters. The highest BCUT2D eigenvalue weighted by Crippen LogP contribution is 2.36. The molecule has 2 aliphatic rings. The Balaban J connectivity index is 1.49. The van der Waals surface area contributed by atoms with Gasteiger partial charge in [-0.05, 0) is 18.8 Å². The van der Waals surface area contributed by atoms with Crippen molar-refractivity contribution >= 4 is 0 Å². The van der Waals surface area contributed by atoms with Gasteiger partial charge in [0, 0.05) is 32.1 Å². The number of H-pyrrole nitrogens is 1. The normalized spacial score (nSPS) is 22.6. The Morgan fingerprint density at radius 1 is 1.30 bits per heavy atom. The molecule has 5 nitrogen and oxygen atoms in total. The summed E-state index contributed by atoms with van der Waals surface area (Å²) >= 11 is 0. The van der Waals surface area contributed by atoms with Gasteiger partial charge in [-0.1, -0.05) is 25.7 Å². The molecule has 1 fully saturated rings. The number of aromatic nitrogens is 3. The van der Waals surface area contributed by atoms with Crippen LogP contribution in [0.25, 0.3) is 0 Å². The summed E-state index contributed by atoms with van der Waals surface area (Å²) in [4.78, 5) is 15.0. The first-order valence-electron chi connectivity index (χ1n) is 8.97. The van der Waals surface area contributed by atoms with Crippen molar-refractivity contribution in [3.63, 3.8) is 0 Å². The van der Waals surface area contributed by atoms with Crippen LogP contribution in [-0.4, -0.2) is 26.4 Å². The van der Waals surface area contributed by atoms with Gasteiger partial charge in [-0.25, -0.2) is 9.97 Å². The maximum Gasteiger partial charge on any atom is 0.191 e. The van der Waals surface area contributed by atoms with Crippen molar-refractivity contribution in [2.45, 2.75) is 64.5 Å². The largest absolute Gasteiger partial charge is 0.449 e. The predicted molar refractivity (Wildman–Crippen MR) is 87.9 cm³/mol. The lowest BCUT2D eigenvalue weighted by atomic mass is 9.93. The van der Waals surface area contributed by atoms with Crippen LogP contribution in [0.2, 0.25) is 0 Å². The first-order valence-corrected chi connectivity index (χ1v) is 8.97. The number of hydrogen-bond acceptors (Lipinski definition) is 4. The number of hydrogen-bond donors (Lipinski definition) is 1. The van der Waals surface area contributed by atoms with Crippen molar-refractivity contribution in [3.05, 3.63) is 35.6 Å². The van der Waals surface area contributed by atoms with Gasteiger partial charge >= 0.3 is 0 Å². The van der Waals surface area contributed by atoms with Crippen molar-refractivity contribution in [2.75, 3.05) is 6.54 Å². The van der Waals surface area contributed by atoms with Crippen molar-refractivity contribution in [1.29, 1.82) is 0 Å². The van der Waals surface area contributed by atoms with E-state index in [1.54, 1.807) is 6.26 Å². The highest BCUT2D eigenvalue weighted by molar-refractivity contribution is 5.20. The van der Waals surface area contributed by atoms with Crippen LogP contribution in [0.5, 0.6) is 0 Å². The smallest absolute Gasteiger partial charge is 0.191 e. The molecule has 1 atom stereocenters. The van der Waals surface area contributed by atoms with Crippen molar-refractivity contribution in [3.8, 4) is 0 Å². The van der Waals surface area contributed by atoms with Gasteiger partial charge in [-0.2, -0.15) is 0 Å². The maximum absolute atomic E-state index is 5.38. The zero-order valence-corrected chi connectivity index (χ0v) is 13.9. The van der Waals surface area contributed by atoms with Gasteiger partial charge in [-0.3, -0.25) is 4.90 Å². The highest BCUT2D eigenvalue weighted by Gasteiger charge is 2.30. The van der Waals surface area contributed by atoms with E-state index in [9.17, 15) is 0 Å². The Morgan fingerprint density at radius 2 is 2.17 bits per heavy atom. The third-order valence-corrected chi connectivity index (χ3v) is 5.51. The van der Waals surface area contributed by atoms with Crippen molar-refractivity contribution < 1.29 is 4.42 Å². The van der Waals surface area contributed by atoms with E-state index >= 15 is 0 Å². The number of aryl methyl sites for hydroxylation is 1. The lowest BCUT2D eigenvalue weighted by Gasteiger charge is -2.35. The Bertz CT molecular complexity index is 641. The fourth-order valence-corrected chi connectivity index (χ4v) is 4.29. The monoisotopic (exact) mass is 314 g/mol. The lowest BCUT2D eigenvalue weighted by molar-refractivity contribution is 0.153. The molecule has 124 valence electrons. The van der Waals surface area contributed by atoms with Gasteiger partial charge in [0.1, 0.15) is 6.26 Å². The average Bonchev–Trinajstić information content (AvgIpc) is 3.27. The van der Waals surface area contributed by atoms with Crippen LogP contribution in [0.3, 0.4) is 0 Å². The van der Waals surface area contributed by atoms with Gasteiger partial charge in [0.2, 0.25) is 0 Å². The molecular formula is C18H26N4O. The summed E-state index contributed by atoms with van der Waals surface area (Å²) in [6.07, 6.45) is 12.9. The second-order valence-electron chi connectivity index (χ2n) is 7.09. The number of imidazole rings is 1. The molecule has 0 radical (unpaired) electrons. The minimum Gasteiger partial charge on any atom is -0.449 e. The maximum atomic E-state index is 5.38. The molecule has 5 heteroatoms. The number of nitrogens with one attached hydrogen (secondary N) is 1. The Hall–Kier alpha value is -1.62. The standard InChI is InChI=1S/C18H26N4O/c1-13-21-15(11-23-13)10-22-9-8-16-18(20-12-19-16)17(22)7-6-14-4-2-3-5-14/h11-12,14,17H,2-10H2,1H3,(H,19,20). The quantitative estimate of drug-likeness (QED) is 0.912.